The number of aromatic nitrogens is 2. The minimum atomic E-state index is -1.08. The van der Waals surface area contributed by atoms with Gasteiger partial charge in [-0.05, 0) is 48.1 Å². The van der Waals surface area contributed by atoms with Crippen LogP contribution in [0.5, 0.6) is 5.75 Å². The molecule has 0 aliphatic heterocycles. The van der Waals surface area contributed by atoms with Crippen molar-refractivity contribution in [3.05, 3.63) is 64.2 Å². The smallest absolute Gasteiger partial charge is 0.339 e. The summed E-state index contributed by atoms with van der Waals surface area (Å²) in [5, 5.41) is 15.3. The Kier molecular flexibility index (Phi) is 6.71. The summed E-state index contributed by atoms with van der Waals surface area (Å²) in [4.78, 5) is 23.0. The predicted molar refractivity (Wildman–Crippen MR) is 130 cm³/mol. The monoisotopic (exact) mass is 483 g/mol. The summed E-state index contributed by atoms with van der Waals surface area (Å²) in [6.45, 7) is 4.21. The number of hydrogen-bond acceptors (Lipinski definition) is 7. The van der Waals surface area contributed by atoms with Crippen molar-refractivity contribution in [3.63, 3.8) is 0 Å². The maximum Gasteiger partial charge on any atom is 0.339 e. The highest BCUT2D eigenvalue weighted by Gasteiger charge is 2.19. The fourth-order valence-corrected chi connectivity index (χ4v) is 5.26. The number of thiophene rings is 1. The van der Waals surface area contributed by atoms with Crippen LogP contribution in [0.3, 0.4) is 0 Å². The number of benzene rings is 1. The van der Waals surface area contributed by atoms with E-state index >= 15 is 0 Å². The van der Waals surface area contributed by atoms with Crippen LogP contribution in [0, 0.1) is 11.7 Å². The number of nitrogens with zero attached hydrogens (tertiary/aromatic N) is 2. The number of aromatic carboxylic acids is 1. The van der Waals surface area contributed by atoms with Gasteiger partial charge in [0.1, 0.15) is 11.4 Å². The van der Waals surface area contributed by atoms with Crippen LogP contribution in [0.25, 0.3) is 21.7 Å². The van der Waals surface area contributed by atoms with E-state index in [0.717, 1.165) is 27.3 Å². The minimum absolute atomic E-state index is 0.0616. The van der Waals surface area contributed by atoms with Crippen LogP contribution in [-0.2, 0) is 6.42 Å². The molecule has 0 unspecified atom stereocenters. The largest absolute Gasteiger partial charge is 0.494 e. The van der Waals surface area contributed by atoms with Gasteiger partial charge in [0.25, 0.3) is 0 Å². The molecule has 3 heterocycles. The van der Waals surface area contributed by atoms with Gasteiger partial charge in [-0.2, -0.15) is 0 Å². The highest BCUT2D eigenvalue weighted by Crippen LogP contribution is 2.37. The fourth-order valence-electron chi connectivity index (χ4n) is 3.35. The molecule has 6 nitrogen and oxygen atoms in total. The predicted octanol–water partition coefficient (Wildman–Crippen LogP) is 6.72. The summed E-state index contributed by atoms with van der Waals surface area (Å²) >= 11 is 2.95. The molecular weight excluding hydrogens is 461 g/mol. The van der Waals surface area contributed by atoms with E-state index in [-0.39, 0.29) is 17.1 Å². The van der Waals surface area contributed by atoms with Crippen molar-refractivity contribution in [1.82, 2.24) is 9.97 Å². The lowest BCUT2D eigenvalue weighted by Gasteiger charge is -2.08. The Morgan fingerprint density at radius 2 is 2.06 bits per heavy atom. The van der Waals surface area contributed by atoms with E-state index < -0.39 is 11.8 Å². The molecule has 0 aliphatic carbocycles. The number of methoxy groups -OCH3 is 1. The lowest BCUT2D eigenvalue weighted by atomic mass is 10.0. The topological polar surface area (TPSA) is 84.3 Å². The zero-order valence-corrected chi connectivity index (χ0v) is 19.9. The first kappa shape index (κ1) is 22.9. The van der Waals surface area contributed by atoms with E-state index in [9.17, 15) is 14.3 Å². The fraction of sp³-hybridized carbons (Fsp3) is 0.208. The number of carbonyl (C=O) groups is 1. The first-order valence-electron chi connectivity index (χ1n) is 10.2. The third-order valence-corrected chi connectivity index (χ3v) is 6.78. The van der Waals surface area contributed by atoms with Crippen molar-refractivity contribution >= 4 is 39.6 Å². The van der Waals surface area contributed by atoms with Crippen LogP contribution < -0.4 is 10.1 Å². The van der Waals surface area contributed by atoms with E-state index in [1.54, 1.807) is 24.4 Å². The van der Waals surface area contributed by atoms with E-state index in [4.69, 9.17) is 9.72 Å². The van der Waals surface area contributed by atoms with Gasteiger partial charge in [-0.1, -0.05) is 19.9 Å². The second-order valence-electron chi connectivity index (χ2n) is 7.77. The second-order valence-corrected chi connectivity index (χ2v) is 9.80. The number of pyridine rings is 1. The maximum atomic E-state index is 13.9. The van der Waals surface area contributed by atoms with E-state index in [1.807, 2.05) is 17.5 Å². The summed E-state index contributed by atoms with van der Waals surface area (Å²) in [6.07, 6.45) is 2.42. The van der Waals surface area contributed by atoms with Crippen molar-refractivity contribution in [2.24, 2.45) is 5.92 Å². The molecule has 0 amide bonds. The van der Waals surface area contributed by atoms with Crippen LogP contribution in [0.2, 0.25) is 0 Å². The van der Waals surface area contributed by atoms with Gasteiger partial charge in [-0.3, -0.25) is 0 Å². The number of rotatable bonds is 8. The Hall–Kier alpha value is -3.30. The Morgan fingerprint density at radius 1 is 1.24 bits per heavy atom. The molecule has 9 heteroatoms. The normalized spacial score (nSPS) is 11.1. The molecular formula is C24H22FN3O3S2. The molecule has 0 bridgehead atoms. The first-order valence-corrected chi connectivity index (χ1v) is 11.9. The quantitative estimate of drug-likeness (QED) is 0.289. The van der Waals surface area contributed by atoms with Gasteiger partial charge in [0.05, 0.1) is 12.8 Å². The Morgan fingerprint density at radius 3 is 2.73 bits per heavy atom. The number of halogens is 1. The number of thiazole rings is 1. The van der Waals surface area contributed by atoms with Gasteiger partial charge in [-0.15, -0.1) is 22.7 Å². The van der Waals surface area contributed by atoms with Crippen LogP contribution in [-0.4, -0.2) is 28.2 Å². The molecule has 33 heavy (non-hydrogen) atoms. The third kappa shape index (κ3) is 5.04. The lowest BCUT2D eigenvalue weighted by Crippen LogP contribution is -2.05. The average molecular weight is 484 g/mol. The van der Waals surface area contributed by atoms with Crippen molar-refractivity contribution in [2.45, 2.75) is 20.3 Å². The molecule has 1 aromatic carbocycles. The van der Waals surface area contributed by atoms with Crippen LogP contribution >= 0.6 is 22.7 Å². The number of hydrogen-bond donors (Lipinski definition) is 2. The second kappa shape index (κ2) is 9.68. The van der Waals surface area contributed by atoms with Crippen molar-refractivity contribution in [1.29, 1.82) is 0 Å². The highest BCUT2D eigenvalue weighted by atomic mass is 32.1. The van der Waals surface area contributed by atoms with Gasteiger partial charge in [0, 0.05) is 27.1 Å². The number of carboxylic acids is 1. The van der Waals surface area contributed by atoms with Crippen LogP contribution in [0.1, 0.15) is 29.1 Å². The first-order chi connectivity index (χ1) is 15.9. The number of nitrogens with one attached hydrogen (secondary N) is 1. The lowest BCUT2D eigenvalue weighted by molar-refractivity contribution is 0.0697. The van der Waals surface area contributed by atoms with Gasteiger partial charge in [0.2, 0.25) is 0 Å². The van der Waals surface area contributed by atoms with Gasteiger partial charge in [0.15, 0.2) is 16.7 Å². The molecule has 170 valence electrons. The molecule has 4 aromatic rings. The Labute approximate surface area is 198 Å². The molecule has 0 fully saturated rings. The van der Waals surface area contributed by atoms with Gasteiger partial charge in [-0.25, -0.2) is 19.2 Å². The molecule has 3 aromatic heterocycles. The molecule has 2 N–H and O–H groups in total. The number of anilines is 2. The molecule has 0 aliphatic rings. The van der Waals surface area contributed by atoms with Crippen LogP contribution in [0.15, 0.2) is 48.0 Å². The minimum Gasteiger partial charge on any atom is -0.494 e. The van der Waals surface area contributed by atoms with Crippen LogP contribution in [0.4, 0.5) is 15.3 Å². The molecule has 0 atom stereocenters. The zero-order chi connectivity index (χ0) is 23.5. The van der Waals surface area contributed by atoms with Gasteiger partial charge < -0.3 is 15.2 Å². The zero-order valence-electron chi connectivity index (χ0n) is 18.3. The van der Waals surface area contributed by atoms with Crippen molar-refractivity contribution in [3.8, 4) is 27.4 Å². The van der Waals surface area contributed by atoms with E-state index in [0.29, 0.717) is 16.7 Å². The summed E-state index contributed by atoms with van der Waals surface area (Å²) in [7, 11) is 1.42. The van der Waals surface area contributed by atoms with E-state index in [1.165, 1.54) is 35.8 Å². The number of ether oxygens (including phenoxy) is 1. The van der Waals surface area contributed by atoms with Crippen molar-refractivity contribution in [2.75, 3.05) is 12.4 Å². The molecule has 0 spiro atoms. The highest BCUT2D eigenvalue weighted by molar-refractivity contribution is 7.16. The Bertz CT molecular complexity index is 1290. The molecule has 0 saturated heterocycles. The Balaban J connectivity index is 1.72. The van der Waals surface area contributed by atoms with Crippen molar-refractivity contribution < 1.29 is 19.0 Å². The summed E-state index contributed by atoms with van der Waals surface area (Å²) in [5.74, 6) is -0.787. The standard InChI is InChI=1S/C24H22FN3O3S2/c1-13(2)9-20-21(14-6-7-17(25)18(11-14)31-3)27-24(33-20)28-22-16(23(29)30)10-15(12-26-22)19-5-4-8-32-19/h4-8,10-13H,9H2,1-3H3,(H,29,30)(H,26,27,28). The maximum absolute atomic E-state index is 13.9. The van der Waals surface area contributed by atoms with E-state index in [2.05, 4.69) is 24.1 Å². The summed E-state index contributed by atoms with van der Waals surface area (Å²) in [5.41, 5.74) is 2.24. The summed E-state index contributed by atoms with van der Waals surface area (Å²) < 4.78 is 19.1. The van der Waals surface area contributed by atoms with Gasteiger partial charge >= 0.3 is 5.97 Å². The molecule has 4 rings (SSSR count). The molecule has 0 radical (unpaired) electrons. The average Bonchev–Trinajstić information content (AvgIpc) is 3.44. The summed E-state index contributed by atoms with van der Waals surface area (Å²) in [6, 6.07) is 10.1. The number of carboxylic acid groups (broad SMARTS) is 1. The SMILES string of the molecule is COc1cc(-c2nc(Nc3ncc(-c4cccs4)cc3C(=O)O)sc2CC(C)C)ccc1F. The molecule has 0 saturated carbocycles. The third-order valence-electron chi connectivity index (χ3n) is 4.86.